The van der Waals surface area contributed by atoms with E-state index >= 15 is 0 Å². The molecule has 1 heterocycles. The Morgan fingerprint density at radius 1 is 1.37 bits per heavy atom. The van der Waals surface area contributed by atoms with Gasteiger partial charge in [0.15, 0.2) is 0 Å². The third kappa shape index (κ3) is 3.05. The Labute approximate surface area is 112 Å². The monoisotopic (exact) mass is 262 g/mol. The fourth-order valence-electron chi connectivity index (χ4n) is 2.03. The Balaban J connectivity index is 1.94. The van der Waals surface area contributed by atoms with Gasteiger partial charge in [0.1, 0.15) is 6.61 Å². The number of hydrogen-bond donors (Lipinski definition) is 1. The van der Waals surface area contributed by atoms with E-state index in [1.807, 2.05) is 32.0 Å². The van der Waals surface area contributed by atoms with Crippen LogP contribution < -0.4 is 5.32 Å². The molecule has 5 nitrogen and oxygen atoms in total. The van der Waals surface area contributed by atoms with E-state index in [9.17, 15) is 9.59 Å². The predicted molar refractivity (Wildman–Crippen MR) is 70.9 cm³/mol. The molecule has 0 aliphatic carbocycles. The first-order chi connectivity index (χ1) is 9.00. The molecule has 0 radical (unpaired) electrons. The van der Waals surface area contributed by atoms with Gasteiger partial charge in [-0.25, -0.2) is 4.79 Å². The van der Waals surface area contributed by atoms with Crippen LogP contribution in [0, 0.1) is 0 Å². The number of nitrogens with one attached hydrogen (secondary N) is 1. The molecule has 0 unspecified atom stereocenters. The molecule has 0 bridgehead atoms. The van der Waals surface area contributed by atoms with E-state index in [2.05, 4.69) is 5.32 Å². The lowest BCUT2D eigenvalue weighted by atomic mass is 10.0. The molecule has 102 valence electrons. The molecule has 1 saturated heterocycles. The van der Waals surface area contributed by atoms with Gasteiger partial charge in [0.05, 0.1) is 12.1 Å². The maximum atomic E-state index is 11.9. The largest absolute Gasteiger partial charge is 0.448 e. The van der Waals surface area contributed by atoms with Crippen molar-refractivity contribution in [3.63, 3.8) is 0 Å². The summed E-state index contributed by atoms with van der Waals surface area (Å²) in [6, 6.07) is 9.01. The van der Waals surface area contributed by atoms with Crippen LogP contribution in [-0.2, 0) is 4.74 Å². The van der Waals surface area contributed by atoms with E-state index in [-0.39, 0.29) is 12.0 Å². The third-order valence-electron chi connectivity index (χ3n) is 3.21. The molecule has 2 rings (SSSR count). The van der Waals surface area contributed by atoms with Crippen molar-refractivity contribution in [1.29, 1.82) is 0 Å². The molecule has 2 amide bonds. The van der Waals surface area contributed by atoms with Gasteiger partial charge in [-0.15, -0.1) is 0 Å². The van der Waals surface area contributed by atoms with Gasteiger partial charge in [-0.3, -0.25) is 9.69 Å². The molecule has 19 heavy (non-hydrogen) atoms. The van der Waals surface area contributed by atoms with Crippen LogP contribution in [0.15, 0.2) is 30.3 Å². The first-order valence-corrected chi connectivity index (χ1v) is 6.28. The lowest BCUT2D eigenvalue weighted by molar-refractivity contribution is 0.0903. The number of amides is 2. The van der Waals surface area contributed by atoms with Crippen molar-refractivity contribution in [2.45, 2.75) is 19.4 Å². The fraction of sp³-hybridized carbons (Fsp3) is 0.429. The van der Waals surface area contributed by atoms with Crippen LogP contribution >= 0.6 is 0 Å². The highest BCUT2D eigenvalue weighted by molar-refractivity contribution is 5.94. The lowest BCUT2D eigenvalue weighted by Crippen LogP contribution is -2.52. The molecule has 1 aliphatic rings. The van der Waals surface area contributed by atoms with Gasteiger partial charge in [-0.05, 0) is 26.0 Å². The molecule has 1 aromatic carbocycles. The number of nitrogens with zero attached hydrogens (tertiary/aromatic N) is 1. The zero-order chi connectivity index (χ0) is 13.9. The van der Waals surface area contributed by atoms with Gasteiger partial charge >= 0.3 is 6.09 Å². The standard InChI is InChI=1S/C14H18N2O3/c1-14(2,16-8-9-19-13(16)18)10-15-12(17)11-6-4-3-5-7-11/h3-7H,8-10H2,1-2H3,(H,15,17). The molecule has 5 heteroatoms. The second-order valence-corrected chi connectivity index (χ2v) is 5.13. The van der Waals surface area contributed by atoms with Gasteiger partial charge < -0.3 is 10.1 Å². The zero-order valence-corrected chi connectivity index (χ0v) is 11.2. The normalized spacial score (nSPS) is 15.3. The average molecular weight is 262 g/mol. The van der Waals surface area contributed by atoms with Crippen molar-refractivity contribution < 1.29 is 14.3 Å². The van der Waals surface area contributed by atoms with Crippen molar-refractivity contribution in [2.75, 3.05) is 19.7 Å². The number of hydrogen-bond acceptors (Lipinski definition) is 3. The summed E-state index contributed by atoms with van der Waals surface area (Å²) < 4.78 is 4.92. The molecular formula is C14H18N2O3. The van der Waals surface area contributed by atoms with Crippen LogP contribution in [0.4, 0.5) is 4.79 Å². The van der Waals surface area contributed by atoms with Crippen LogP contribution in [0.2, 0.25) is 0 Å². The number of ether oxygens (including phenoxy) is 1. The summed E-state index contributed by atoms with van der Waals surface area (Å²) >= 11 is 0. The zero-order valence-electron chi connectivity index (χ0n) is 11.2. The number of carbonyl (C=O) groups excluding carboxylic acids is 2. The minimum absolute atomic E-state index is 0.138. The highest BCUT2D eigenvalue weighted by atomic mass is 16.6. The molecule has 1 fully saturated rings. The number of benzene rings is 1. The van der Waals surface area contributed by atoms with E-state index < -0.39 is 5.54 Å². The summed E-state index contributed by atoms with van der Waals surface area (Å²) in [6.07, 6.45) is -0.320. The highest BCUT2D eigenvalue weighted by Crippen LogP contribution is 2.18. The van der Waals surface area contributed by atoms with Crippen LogP contribution in [0.1, 0.15) is 24.2 Å². The van der Waals surface area contributed by atoms with Crippen molar-refractivity contribution in [1.82, 2.24) is 10.2 Å². The van der Waals surface area contributed by atoms with Gasteiger partial charge in [-0.2, -0.15) is 0 Å². The van der Waals surface area contributed by atoms with Crippen molar-refractivity contribution in [3.8, 4) is 0 Å². The number of cyclic esters (lactones) is 1. The van der Waals surface area contributed by atoms with Gasteiger partial charge in [0, 0.05) is 12.1 Å². The van der Waals surface area contributed by atoms with Crippen LogP contribution in [-0.4, -0.2) is 42.1 Å². The first kappa shape index (κ1) is 13.4. The minimum atomic E-state index is -0.460. The predicted octanol–water partition coefficient (Wildman–Crippen LogP) is 1.65. The quantitative estimate of drug-likeness (QED) is 0.897. The van der Waals surface area contributed by atoms with Crippen LogP contribution in [0.25, 0.3) is 0 Å². The average Bonchev–Trinajstić information content (AvgIpc) is 2.84. The SMILES string of the molecule is CC(C)(CNC(=O)c1ccccc1)N1CCOC1=O. The second kappa shape index (κ2) is 5.30. The van der Waals surface area contributed by atoms with E-state index in [1.165, 1.54) is 0 Å². The Morgan fingerprint density at radius 2 is 2.05 bits per heavy atom. The summed E-state index contributed by atoms with van der Waals surface area (Å²) in [5, 5.41) is 2.85. The molecule has 1 N–H and O–H groups in total. The smallest absolute Gasteiger partial charge is 0.410 e. The fourth-order valence-corrected chi connectivity index (χ4v) is 2.03. The molecule has 0 atom stereocenters. The second-order valence-electron chi connectivity index (χ2n) is 5.13. The minimum Gasteiger partial charge on any atom is -0.448 e. The van der Waals surface area contributed by atoms with Gasteiger partial charge in [0.2, 0.25) is 0 Å². The van der Waals surface area contributed by atoms with E-state index in [0.717, 1.165) is 0 Å². The Kier molecular flexibility index (Phi) is 3.74. The molecule has 0 saturated carbocycles. The Hall–Kier alpha value is -2.04. The summed E-state index contributed by atoms with van der Waals surface area (Å²) in [5.74, 6) is -0.138. The summed E-state index contributed by atoms with van der Waals surface area (Å²) in [5.41, 5.74) is 0.153. The lowest BCUT2D eigenvalue weighted by Gasteiger charge is -2.33. The number of carbonyl (C=O) groups is 2. The van der Waals surface area contributed by atoms with Crippen LogP contribution in [0.3, 0.4) is 0 Å². The van der Waals surface area contributed by atoms with Crippen molar-refractivity contribution in [2.24, 2.45) is 0 Å². The van der Waals surface area contributed by atoms with E-state index in [4.69, 9.17) is 4.74 Å². The summed E-state index contributed by atoms with van der Waals surface area (Å²) in [4.78, 5) is 25.1. The Morgan fingerprint density at radius 3 is 2.63 bits per heavy atom. The van der Waals surface area contributed by atoms with Crippen molar-refractivity contribution >= 4 is 12.0 Å². The molecular weight excluding hydrogens is 244 g/mol. The van der Waals surface area contributed by atoms with Gasteiger partial charge in [-0.1, -0.05) is 18.2 Å². The molecule has 1 aliphatic heterocycles. The van der Waals surface area contributed by atoms with E-state index in [1.54, 1.807) is 17.0 Å². The van der Waals surface area contributed by atoms with Crippen LogP contribution in [0.5, 0.6) is 0 Å². The molecule has 1 aromatic rings. The summed E-state index contributed by atoms with van der Waals surface area (Å²) in [7, 11) is 0. The first-order valence-electron chi connectivity index (χ1n) is 6.28. The maximum absolute atomic E-state index is 11.9. The Bertz CT molecular complexity index is 471. The maximum Gasteiger partial charge on any atom is 0.410 e. The number of rotatable bonds is 4. The molecule has 0 spiro atoms. The topological polar surface area (TPSA) is 58.6 Å². The summed E-state index contributed by atoms with van der Waals surface area (Å²) in [6.45, 7) is 5.17. The highest BCUT2D eigenvalue weighted by Gasteiger charge is 2.35. The van der Waals surface area contributed by atoms with Crippen molar-refractivity contribution in [3.05, 3.63) is 35.9 Å². The third-order valence-corrected chi connectivity index (χ3v) is 3.21. The van der Waals surface area contributed by atoms with E-state index in [0.29, 0.717) is 25.3 Å². The molecule has 0 aromatic heterocycles. The van der Waals surface area contributed by atoms with Gasteiger partial charge in [0.25, 0.3) is 5.91 Å².